The second-order valence-corrected chi connectivity index (χ2v) is 8.84. The first kappa shape index (κ1) is 33.0. The Bertz CT molecular complexity index is 935. The van der Waals surface area contributed by atoms with Crippen LogP contribution in [0.1, 0.15) is 41.5 Å². The van der Waals surface area contributed by atoms with Crippen molar-refractivity contribution in [2.75, 3.05) is 0 Å². The fourth-order valence-electron chi connectivity index (χ4n) is 2.83. The molecule has 0 N–H and O–H groups in total. The first-order valence-electron chi connectivity index (χ1n) is 10.1. The van der Waals surface area contributed by atoms with Gasteiger partial charge >= 0.3 is 33.1 Å². The second kappa shape index (κ2) is 13.9. The van der Waals surface area contributed by atoms with Gasteiger partial charge in [0.25, 0.3) is 17.3 Å². The van der Waals surface area contributed by atoms with Gasteiger partial charge in [0.15, 0.2) is 0 Å². The highest BCUT2D eigenvalue weighted by atomic mass is 27.3. The molecule has 0 heterocycles. The van der Waals surface area contributed by atoms with E-state index >= 15 is 0 Å². The highest BCUT2D eigenvalue weighted by molar-refractivity contribution is 6.58. The van der Waals surface area contributed by atoms with E-state index in [2.05, 4.69) is 11.4 Å². The highest BCUT2D eigenvalue weighted by Gasteiger charge is 2.54. The molecule has 0 bridgehead atoms. The predicted octanol–water partition coefficient (Wildman–Crippen LogP) is -2.31. The van der Waals surface area contributed by atoms with Crippen LogP contribution in [0.5, 0.6) is 0 Å². The summed E-state index contributed by atoms with van der Waals surface area (Å²) in [4.78, 5) is 142. The third kappa shape index (κ3) is 9.17. The van der Waals surface area contributed by atoms with E-state index in [1.807, 2.05) is 0 Å². The van der Waals surface area contributed by atoms with Crippen LogP contribution in [0, 0.1) is 17.8 Å². The van der Waals surface area contributed by atoms with Gasteiger partial charge in [-0.15, -0.1) is 0 Å². The molecule has 0 radical (unpaired) electrons. The average molecular weight is 540 g/mol. The fourth-order valence-corrected chi connectivity index (χ4v) is 3.85. The molecule has 0 aromatic rings. The Balaban J connectivity index is 6.17. The maximum absolute atomic E-state index is 12.2. The average Bonchev–Trinajstić information content (AvgIpc) is 2.71. The molecule has 0 aromatic heterocycles. The Kier molecular flexibility index (Phi) is 12.4. The lowest BCUT2D eigenvalue weighted by molar-refractivity contribution is -0.162. The van der Waals surface area contributed by atoms with Gasteiger partial charge < -0.3 is 11.4 Å². The number of carbonyl (C=O) groups is 12. The van der Waals surface area contributed by atoms with E-state index in [0.29, 0.717) is 0 Å². The van der Waals surface area contributed by atoms with Crippen molar-refractivity contribution in [1.29, 1.82) is 0 Å². The Labute approximate surface area is 213 Å². The molecule has 0 saturated heterocycles. The molecule has 15 nitrogen and oxygen atoms in total. The summed E-state index contributed by atoms with van der Waals surface area (Å²) >= 11 is -4.77. The van der Waals surface area contributed by atoms with E-state index in [1.165, 1.54) is 0 Å². The zero-order valence-electron chi connectivity index (χ0n) is 20.4. The molecule has 0 saturated carbocycles. The Hall–Kier alpha value is -4.03. The van der Waals surface area contributed by atoms with E-state index in [4.69, 9.17) is 0 Å². The summed E-state index contributed by atoms with van der Waals surface area (Å²) < 4.78 is 13.4. The van der Waals surface area contributed by atoms with Gasteiger partial charge in [0.2, 0.25) is 0 Å². The first-order valence-corrected chi connectivity index (χ1v) is 11.5. The second-order valence-electron chi connectivity index (χ2n) is 7.56. The van der Waals surface area contributed by atoms with Crippen LogP contribution in [-0.2, 0) is 68.9 Å². The van der Waals surface area contributed by atoms with Crippen LogP contribution >= 0.6 is 0 Å². The molecule has 0 aliphatic heterocycles. The van der Waals surface area contributed by atoms with Gasteiger partial charge in [0.1, 0.15) is 52.5 Å². The fraction of sp³-hybridized carbons (Fsp3) is 0.429. The lowest BCUT2D eigenvalue weighted by atomic mass is 9.96. The number of ketones is 9. The molecule has 0 unspecified atom stereocenters. The normalized spacial score (nSPS) is 10.3. The lowest BCUT2D eigenvalue weighted by Gasteiger charge is -2.16. The van der Waals surface area contributed by atoms with Crippen molar-refractivity contribution in [3.05, 3.63) is 0 Å². The van der Waals surface area contributed by atoms with Crippen molar-refractivity contribution < 1.29 is 68.9 Å². The monoisotopic (exact) mass is 540 g/mol. The molecule has 198 valence electrons. The molecule has 0 atom stereocenters. The lowest BCUT2D eigenvalue weighted by Crippen LogP contribution is -2.45. The Morgan fingerprint density at radius 2 is 0.541 bits per heavy atom. The summed E-state index contributed by atoms with van der Waals surface area (Å²) in [5.41, 5.74) is 0. The third-order valence-electron chi connectivity index (χ3n) is 4.44. The number of hydrogen-bond acceptors (Lipinski definition) is 15. The van der Waals surface area contributed by atoms with Gasteiger partial charge in [-0.1, -0.05) is 0 Å². The molecule has 37 heavy (non-hydrogen) atoms. The molecule has 0 spiro atoms. The van der Waals surface area contributed by atoms with Crippen molar-refractivity contribution in [2.45, 2.75) is 41.5 Å². The molecule has 0 aliphatic carbocycles. The van der Waals surface area contributed by atoms with Crippen molar-refractivity contribution in [2.24, 2.45) is 17.8 Å². The zero-order valence-corrected chi connectivity index (χ0v) is 21.6. The summed E-state index contributed by atoms with van der Waals surface area (Å²) in [5.74, 6) is -24.4. The first-order chi connectivity index (χ1) is 16.8. The predicted molar refractivity (Wildman–Crippen MR) is 114 cm³/mol. The molecule has 0 fully saturated rings. The van der Waals surface area contributed by atoms with E-state index in [0.717, 1.165) is 41.5 Å². The minimum Gasteiger partial charge on any atom is -0.545 e. The van der Waals surface area contributed by atoms with E-state index in [9.17, 15) is 57.5 Å². The van der Waals surface area contributed by atoms with Crippen LogP contribution < -0.4 is 0 Å². The van der Waals surface area contributed by atoms with E-state index < -0.39 is 103 Å². The van der Waals surface area contributed by atoms with E-state index in [1.54, 1.807) is 0 Å². The van der Waals surface area contributed by atoms with Crippen LogP contribution in [0.25, 0.3) is 0 Å². The molecule has 0 aromatic carbocycles. The van der Waals surface area contributed by atoms with Crippen LogP contribution in [0.2, 0.25) is 0 Å². The van der Waals surface area contributed by atoms with Gasteiger partial charge in [-0.2, -0.15) is 0 Å². The zero-order chi connectivity index (χ0) is 29.4. The van der Waals surface area contributed by atoms with Crippen LogP contribution in [0.4, 0.5) is 0 Å². The highest BCUT2D eigenvalue weighted by Crippen LogP contribution is 2.10. The Morgan fingerprint density at radius 1 is 0.378 bits per heavy atom. The topological polar surface area (TPSA) is 233 Å². The van der Waals surface area contributed by atoms with Gasteiger partial charge in [-0.25, -0.2) is 14.4 Å². The van der Waals surface area contributed by atoms with Gasteiger partial charge in [0, 0.05) is 0 Å². The summed E-state index contributed by atoms with van der Waals surface area (Å²) in [6.07, 6.45) is 0. The van der Waals surface area contributed by atoms with Gasteiger partial charge in [0.05, 0.1) is 0 Å². The quantitative estimate of drug-likeness (QED) is 0.121. The van der Waals surface area contributed by atoms with Crippen LogP contribution in [0.15, 0.2) is 0 Å². The minimum atomic E-state index is -4.77. The number of hydrogen-bond donors (Lipinski definition) is 0. The van der Waals surface area contributed by atoms with Gasteiger partial charge in [-0.3, -0.25) is 43.2 Å². The molecule has 16 heteroatoms. The number of carbonyl (C=O) groups excluding carboxylic acids is 12. The molecule has 0 rings (SSSR count). The van der Waals surface area contributed by atoms with Crippen LogP contribution in [0.3, 0.4) is 0 Å². The molecule has 0 aliphatic rings. The third-order valence-corrected chi connectivity index (χ3v) is 5.66. The molecular weight excluding hydrogens is 519 g/mol. The summed E-state index contributed by atoms with van der Waals surface area (Å²) in [6.45, 7) is 4.73. The summed E-state index contributed by atoms with van der Waals surface area (Å²) in [7, 11) is 0. The van der Waals surface area contributed by atoms with Crippen molar-refractivity contribution >= 4 is 85.1 Å². The van der Waals surface area contributed by atoms with E-state index in [-0.39, 0.29) is 0 Å². The number of Topliss-reactive ketones (excluding diaryl/α,β-unsaturated/α-hetero) is 9. The Morgan fingerprint density at radius 3 is 0.676 bits per heavy atom. The standard InChI is InChI=1S/3C7H8O5.Al/c3*1-3(8)5(4(2)9)6(10)7(11)12;/h3*5H,1-2H3,(H,11,12);/q;;;+3/p-3. The smallest absolute Gasteiger partial charge is 0.545 e. The SMILES string of the molecule is CC(=O)C(C(C)=O)C(=O)C(=O)[O][Al]([O]C(=O)C(=O)C(C(C)=O)C(C)=O)[O]C(=O)C(=O)C(C(C)=O)C(C)=O. The summed E-state index contributed by atoms with van der Waals surface area (Å²) in [6, 6.07) is 0. The number of rotatable bonds is 15. The van der Waals surface area contributed by atoms with Crippen molar-refractivity contribution in [3.63, 3.8) is 0 Å². The largest absolute Gasteiger partial charge is 1.20 e. The maximum atomic E-state index is 12.2. The van der Waals surface area contributed by atoms with Gasteiger partial charge in [-0.05, 0) is 41.5 Å². The van der Waals surface area contributed by atoms with Crippen molar-refractivity contribution in [1.82, 2.24) is 0 Å². The minimum absolute atomic E-state index is 0.789. The summed E-state index contributed by atoms with van der Waals surface area (Å²) in [5, 5.41) is 0. The van der Waals surface area contributed by atoms with Crippen LogP contribution in [-0.4, -0.2) is 85.1 Å². The maximum Gasteiger partial charge on any atom is 1.20 e. The molecular formula is C21H21AlO15. The van der Waals surface area contributed by atoms with Crippen molar-refractivity contribution in [3.8, 4) is 0 Å². The molecule has 0 amide bonds.